The molecule has 2 aliphatic rings. The molecule has 0 aromatic heterocycles. The van der Waals surface area contributed by atoms with Crippen LogP contribution in [-0.2, 0) is 0 Å². The van der Waals surface area contributed by atoms with Crippen LogP contribution < -0.4 is 0 Å². The second kappa shape index (κ2) is 6.32. The molecule has 0 fully saturated rings. The largest absolute Gasteiger partial charge is 0.0885 e. The third kappa shape index (κ3) is 3.69. The Hall–Kier alpha value is -1.30. The Labute approximate surface area is 98.8 Å². The van der Waals surface area contributed by atoms with Gasteiger partial charge in [-0.05, 0) is 37.5 Å². The van der Waals surface area contributed by atoms with E-state index in [1.54, 1.807) is 0 Å². The molecule has 0 radical (unpaired) electrons. The predicted molar refractivity (Wildman–Crippen MR) is 71.1 cm³/mol. The van der Waals surface area contributed by atoms with Crippen LogP contribution in [0.5, 0.6) is 0 Å². The molecule has 16 heavy (non-hydrogen) atoms. The maximum absolute atomic E-state index is 2.34. The molecule has 0 atom stereocenters. The van der Waals surface area contributed by atoms with Crippen molar-refractivity contribution in [3.63, 3.8) is 0 Å². The van der Waals surface area contributed by atoms with Crippen LogP contribution in [0, 0.1) is 11.8 Å². The van der Waals surface area contributed by atoms with Gasteiger partial charge in [-0.25, -0.2) is 0 Å². The van der Waals surface area contributed by atoms with Gasteiger partial charge >= 0.3 is 0 Å². The molecule has 0 aromatic rings. The number of hydrogen-bond donors (Lipinski definition) is 0. The van der Waals surface area contributed by atoms with E-state index in [9.17, 15) is 0 Å². The summed E-state index contributed by atoms with van der Waals surface area (Å²) in [5.74, 6) is 1.37. The first-order valence-electron chi connectivity index (χ1n) is 6.30. The summed E-state index contributed by atoms with van der Waals surface area (Å²) in [6.07, 6.45) is 27.3. The molecule has 0 amide bonds. The third-order valence-electron chi connectivity index (χ3n) is 3.16. The molecule has 0 N–H and O–H groups in total. The molecular formula is C16H20. The number of rotatable bonds is 6. The van der Waals surface area contributed by atoms with E-state index in [2.05, 4.69) is 60.8 Å². The summed E-state index contributed by atoms with van der Waals surface area (Å²) < 4.78 is 0. The van der Waals surface area contributed by atoms with Crippen LogP contribution >= 0.6 is 0 Å². The quantitative estimate of drug-likeness (QED) is 0.565. The van der Waals surface area contributed by atoms with Gasteiger partial charge in [-0.1, -0.05) is 60.8 Å². The normalized spacial score (nSPS) is 19.8. The van der Waals surface area contributed by atoms with E-state index in [-0.39, 0.29) is 0 Å². The average molecular weight is 212 g/mol. The first kappa shape index (κ1) is 11.2. The molecule has 0 saturated carbocycles. The molecule has 0 saturated heterocycles. The molecule has 0 spiro atoms. The lowest BCUT2D eigenvalue weighted by molar-refractivity contribution is 0.713. The van der Waals surface area contributed by atoms with Gasteiger partial charge in [0.05, 0.1) is 0 Å². The predicted octanol–water partition coefficient (Wildman–Crippen LogP) is 4.59. The highest BCUT2D eigenvalue weighted by Crippen LogP contribution is 2.17. The van der Waals surface area contributed by atoms with Crippen LogP contribution in [-0.4, -0.2) is 0 Å². The van der Waals surface area contributed by atoms with Crippen LogP contribution in [0.2, 0.25) is 0 Å². The molecule has 0 unspecified atom stereocenters. The SMILES string of the molecule is C1=CC(CC/C=C/CCC2C=CC=C2)C=C1. The smallest absolute Gasteiger partial charge is 0.00443 e. The van der Waals surface area contributed by atoms with Crippen LogP contribution in [0.4, 0.5) is 0 Å². The number of allylic oxidation sites excluding steroid dienone is 10. The van der Waals surface area contributed by atoms with Crippen LogP contribution in [0.1, 0.15) is 25.7 Å². The summed E-state index contributed by atoms with van der Waals surface area (Å²) >= 11 is 0. The molecule has 2 aliphatic carbocycles. The summed E-state index contributed by atoms with van der Waals surface area (Å²) in [5, 5.41) is 0. The lowest BCUT2D eigenvalue weighted by Gasteiger charge is -2.02. The maximum atomic E-state index is 2.34. The van der Waals surface area contributed by atoms with E-state index < -0.39 is 0 Å². The summed E-state index contributed by atoms with van der Waals surface area (Å²) in [6, 6.07) is 0. The molecule has 0 nitrogen and oxygen atoms in total. The van der Waals surface area contributed by atoms with Crippen molar-refractivity contribution in [3.05, 3.63) is 60.8 Å². The summed E-state index contributed by atoms with van der Waals surface area (Å²) in [7, 11) is 0. The zero-order valence-corrected chi connectivity index (χ0v) is 9.76. The first-order valence-corrected chi connectivity index (χ1v) is 6.30. The van der Waals surface area contributed by atoms with E-state index >= 15 is 0 Å². The molecule has 84 valence electrons. The van der Waals surface area contributed by atoms with E-state index in [1.165, 1.54) is 25.7 Å². The molecule has 2 rings (SSSR count). The average Bonchev–Trinajstić information content (AvgIpc) is 2.96. The van der Waals surface area contributed by atoms with Crippen molar-refractivity contribution in [2.75, 3.05) is 0 Å². The molecule has 0 aromatic carbocycles. The van der Waals surface area contributed by atoms with E-state index in [0.717, 1.165) is 0 Å². The zero-order chi connectivity index (χ0) is 11.1. The lowest BCUT2D eigenvalue weighted by atomic mass is 10.0. The minimum atomic E-state index is 0.686. The second-order valence-electron chi connectivity index (χ2n) is 4.49. The van der Waals surface area contributed by atoms with Crippen molar-refractivity contribution < 1.29 is 0 Å². The molecule has 0 heterocycles. The van der Waals surface area contributed by atoms with E-state index in [1.807, 2.05) is 0 Å². The van der Waals surface area contributed by atoms with Crippen molar-refractivity contribution in [3.8, 4) is 0 Å². The van der Waals surface area contributed by atoms with Crippen molar-refractivity contribution in [2.24, 2.45) is 11.8 Å². The first-order chi connectivity index (χ1) is 7.95. The lowest BCUT2D eigenvalue weighted by Crippen LogP contribution is -1.88. The van der Waals surface area contributed by atoms with Gasteiger partial charge in [0.25, 0.3) is 0 Å². The van der Waals surface area contributed by atoms with Crippen LogP contribution in [0.3, 0.4) is 0 Å². The highest BCUT2D eigenvalue weighted by molar-refractivity contribution is 5.18. The van der Waals surface area contributed by atoms with Gasteiger partial charge in [0, 0.05) is 0 Å². The highest BCUT2D eigenvalue weighted by Gasteiger charge is 2.02. The fraction of sp³-hybridized carbons (Fsp3) is 0.375. The maximum Gasteiger partial charge on any atom is -0.00443 e. The van der Waals surface area contributed by atoms with Gasteiger partial charge in [-0.3, -0.25) is 0 Å². The van der Waals surface area contributed by atoms with Crippen molar-refractivity contribution >= 4 is 0 Å². The summed E-state index contributed by atoms with van der Waals surface area (Å²) in [6.45, 7) is 0. The van der Waals surface area contributed by atoms with Gasteiger partial charge in [0.15, 0.2) is 0 Å². The van der Waals surface area contributed by atoms with Crippen molar-refractivity contribution in [1.29, 1.82) is 0 Å². The van der Waals surface area contributed by atoms with E-state index in [4.69, 9.17) is 0 Å². The van der Waals surface area contributed by atoms with Gasteiger partial charge in [0.2, 0.25) is 0 Å². The van der Waals surface area contributed by atoms with Gasteiger partial charge in [-0.2, -0.15) is 0 Å². The second-order valence-corrected chi connectivity index (χ2v) is 4.49. The zero-order valence-electron chi connectivity index (χ0n) is 9.76. The minimum Gasteiger partial charge on any atom is -0.0885 e. The van der Waals surface area contributed by atoms with E-state index in [0.29, 0.717) is 11.8 Å². The van der Waals surface area contributed by atoms with Crippen LogP contribution in [0.25, 0.3) is 0 Å². The fourth-order valence-electron chi connectivity index (χ4n) is 2.15. The third-order valence-corrected chi connectivity index (χ3v) is 3.16. The number of hydrogen-bond acceptors (Lipinski definition) is 0. The minimum absolute atomic E-state index is 0.686. The van der Waals surface area contributed by atoms with Crippen LogP contribution in [0.15, 0.2) is 60.8 Å². The Balaban J connectivity index is 1.52. The Bertz CT molecular complexity index is 281. The Morgan fingerprint density at radius 3 is 1.38 bits per heavy atom. The van der Waals surface area contributed by atoms with Crippen molar-refractivity contribution in [2.45, 2.75) is 25.7 Å². The standard InChI is InChI=1S/C16H20/c1(3-9-15-11-5-6-12-15)2-4-10-16-13-7-8-14-16/h1-2,5-8,11-16H,3-4,9-10H2/b2-1+. The summed E-state index contributed by atoms with van der Waals surface area (Å²) in [4.78, 5) is 0. The Kier molecular flexibility index (Phi) is 4.42. The Morgan fingerprint density at radius 1 is 0.625 bits per heavy atom. The highest BCUT2D eigenvalue weighted by atomic mass is 14.1. The summed E-state index contributed by atoms with van der Waals surface area (Å²) in [5.41, 5.74) is 0. The molecule has 0 bridgehead atoms. The topological polar surface area (TPSA) is 0 Å². The molecule has 0 heteroatoms. The van der Waals surface area contributed by atoms with Crippen molar-refractivity contribution in [1.82, 2.24) is 0 Å². The van der Waals surface area contributed by atoms with Gasteiger partial charge in [0.1, 0.15) is 0 Å². The van der Waals surface area contributed by atoms with Gasteiger partial charge < -0.3 is 0 Å². The fourth-order valence-corrected chi connectivity index (χ4v) is 2.15. The Morgan fingerprint density at radius 2 is 1.00 bits per heavy atom. The molecule has 0 aliphatic heterocycles. The van der Waals surface area contributed by atoms with Gasteiger partial charge in [-0.15, -0.1) is 0 Å². The monoisotopic (exact) mass is 212 g/mol. The molecular weight excluding hydrogens is 192 g/mol.